The summed E-state index contributed by atoms with van der Waals surface area (Å²) < 4.78 is 0. The zero-order valence-corrected chi connectivity index (χ0v) is 10.7. The molecule has 1 atom stereocenters. The molecule has 0 saturated heterocycles. The summed E-state index contributed by atoms with van der Waals surface area (Å²) in [5.41, 5.74) is 0.291. The SMILES string of the molecule is O=C(O)CCC1(c2ccc(Cl)cc2)CCCC1=O. The van der Waals surface area contributed by atoms with Crippen molar-refractivity contribution in [3.05, 3.63) is 34.9 Å². The van der Waals surface area contributed by atoms with Gasteiger partial charge in [-0.3, -0.25) is 9.59 Å². The van der Waals surface area contributed by atoms with Crippen LogP contribution in [0.1, 0.15) is 37.7 Å². The zero-order valence-electron chi connectivity index (χ0n) is 9.99. The van der Waals surface area contributed by atoms with Crippen LogP contribution in [-0.2, 0) is 15.0 Å². The van der Waals surface area contributed by atoms with Crippen LogP contribution in [0.5, 0.6) is 0 Å². The number of carbonyl (C=O) groups is 2. The molecular formula is C14H15ClO3. The van der Waals surface area contributed by atoms with Crippen molar-refractivity contribution in [2.75, 3.05) is 0 Å². The van der Waals surface area contributed by atoms with Crippen molar-refractivity contribution in [3.63, 3.8) is 0 Å². The highest BCUT2D eigenvalue weighted by molar-refractivity contribution is 6.30. The molecule has 1 saturated carbocycles. The Morgan fingerprint density at radius 3 is 2.50 bits per heavy atom. The maximum absolute atomic E-state index is 12.2. The number of Topliss-reactive ketones (excluding diaryl/α,β-unsaturated/α-hetero) is 1. The largest absolute Gasteiger partial charge is 0.481 e. The van der Waals surface area contributed by atoms with Gasteiger partial charge < -0.3 is 5.11 Å². The first-order valence-corrected chi connectivity index (χ1v) is 6.43. The quantitative estimate of drug-likeness (QED) is 0.910. The highest BCUT2D eigenvalue weighted by Crippen LogP contribution is 2.42. The molecule has 1 unspecified atom stereocenters. The van der Waals surface area contributed by atoms with Crippen LogP contribution in [-0.4, -0.2) is 16.9 Å². The minimum Gasteiger partial charge on any atom is -0.481 e. The second-order valence-corrected chi connectivity index (χ2v) is 5.20. The lowest BCUT2D eigenvalue weighted by molar-refractivity contribution is -0.137. The van der Waals surface area contributed by atoms with E-state index in [4.69, 9.17) is 16.7 Å². The van der Waals surface area contributed by atoms with Crippen molar-refractivity contribution >= 4 is 23.4 Å². The monoisotopic (exact) mass is 266 g/mol. The molecule has 3 nitrogen and oxygen atoms in total. The predicted molar refractivity (Wildman–Crippen MR) is 68.9 cm³/mol. The van der Waals surface area contributed by atoms with Crippen LogP contribution < -0.4 is 0 Å². The van der Waals surface area contributed by atoms with Crippen molar-refractivity contribution in [1.29, 1.82) is 0 Å². The van der Waals surface area contributed by atoms with Gasteiger partial charge in [0.2, 0.25) is 0 Å². The summed E-state index contributed by atoms with van der Waals surface area (Å²) in [6.45, 7) is 0. The molecule has 1 aliphatic carbocycles. The van der Waals surface area contributed by atoms with Crippen LogP contribution in [0.3, 0.4) is 0 Å². The molecule has 1 aromatic rings. The molecule has 0 bridgehead atoms. The fourth-order valence-electron chi connectivity index (χ4n) is 2.73. The molecule has 0 amide bonds. The minimum absolute atomic E-state index is 0.0222. The Balaban J connectivity index is 2.33. The molecule has 4 heteroatoms. The van der Waals surface area contributed by atoms with E-state index in [2.05, 4.69) is 0 Å². The van der Waals surface area contributed by atoms with E-state index in [9.17, 15) is 9.59 Å². The average molecular weight is 267 g/mol. The third kappa shape index (κ3) is 2.41. The molecule has 0 aromatic heterocycles. The predicted octanol–water partition coefficient (Wildman–Crippen LogP) is 3.20. The van der Waals surface area contributed by atoms with Crippen LogP contribution in [0, 0.1) is 0 Å². The number of carboxylic acid groups (broad SMARTS) is 1. The lowest BCUT2D eigenvalue weighted by Gasteiger charge is -2.27. The van der Waals surface area contributed by atoms with Crippen LogP contribution in [0.15, 0.2) is 24.3 Å². The van der Waals surface area contributed by atoms with Crippen LogP contribution in [0.4, 0.5) is 0 Å². The Bertz CT molecular complexity index is 466. The summed E-state index contributed by atoms with van der Waals surface area (Å²) in [6.07, 6.45) is 2.52. The van der Waals surface area contributed by atoms with E-state index in [1.807, 2.05) is 12.1 Å². The lowest BCUT2D eigenvalue weighted by Crippen LogP contribution is -2.31. The van der Waals surface area contributed by atoms with E-state index < -0.39 is 11.4 Å². The van der Waals surface area contributed by atoms with Crippen LogP contribution in [0.2, 0.25) is 5.02 Å². The van der Waals surface area contributed by atoms with Crippen LogP contribution in [0.25, 0.3) is 0 Å². The number of carbonyl (C=O) groups excluding carboxylic acids is 1. The van der Waals surface area contributed by atoms with Crippen molar-refractivity contribution < 1.29 is 14.7 Å². The van der Waals surface area contributed by atoms with Gasteiger partial charge in [0.05, 0.1) is 5.41 Å². The summed E-state index contributed by atoms with van der Waals surface area (Å²) in [7, 11) is 0. The molecule has 96 valence electrons. The first-order valence-electron chi connectivity index (χ1n) is 6.06. The fraction of sp³-hybridized carbons (Fsp3) is 0.429. The number of aliphatic carboxylic acids is 1. The number of carboxylic acids is 1. The van der Waals surface area contributed by atoms with Gasteiger partial charge in [-0.25, -0.2) is 0 Å². The third-order valence-corrected chi connectivity index (χ3v) is 3.96. The van der Waals surface area contributed by atoms with E-state index in [1.165, 1.54) is 0 Å². The molecule has 0 heterocycles. The normalized spacial score (nSPS) is 23.3. The van der Waals surface area contributed by atoms with Gasteiger partial charge in [-0.2, -0.15) is 0 Å². The van der Waals surface area contributed by atoms with Crippen molar-refractivity contribution in [2.45, 2.75) is 37.5 Å². The summed E-state index contributed by atoms with van der Waals surface area (Å²) in [5.74, 6) is -0.700. The number of ketones is 1. The van der Waals surface area contributed by atoms with Gasteiger partial charge in [0, 0.05) is 17.9 Å². The van der Waals surface area contributed by atoms with Crippen molar-refractivity contribution in [2.24, 2.45) is 0 Å². The zero-order chi connectivity index (χ0) is 13.2. The van der Waals surface area contributed by atoms with Gasteiger partial charge in [0.15, 0.2) is 0 Å². The second-order valence-electron chi connectivity index (χ2n) is 4.76. The van der Waals surface area contributed by atoms with Crippen LogP contribution >= 0.6 is 11.6 Å². The molecule has 1 aromatic carbocycles. The number of halogens is 1. The number of hydrogen-bond donors (Lipinski definition) is 1. The summed E-state index contributed by atoms with van der Waals surface area (Å²) in [4.78, 5) is 22.9. The van der Waals surface area contributed by atoms with Crippen molar-refractivity contribution in [3.8, 4) is 0 Å². The van der Waals surface area contributed by atoms with Gasteiger partial charge in [0.25, 0.3) is 0 Å². The molecule has 1 N–H and O–H groups in total. The van der Waals surface area contributed by atoms with Gasteiger partial charge >= 0.3 is 5.97 Å². The van der Waals surface area contributed by atoms with E-state index in [0.717, 1.165) is 18.4 Å². The van der Waals surface area contributed by atoms with Gasteiger partial charge in [0.1, 0.15) is 5.78 Å². The maximum atomic E-state index is 12.2. The molecule has 0 radical (unpaired) electrons. The van der Waals surface area contributed by atoms with E-state index >= 15 is 0 Å². The fourth-order valence-corrected chi connectivity index (χ4v) is 2.86. The Morgan fingerprint density at radius 2 is 2.00 bits per heavy atom. The molecule has 0 spiro atoms. The molecule has 18 heavy (non-hydrogen) atoms. The molecule has 1 fully saturated rings. The van der Waals surface area contributed by atoms with Gasteiger partial charge in [-0.1, -0.05) is 23.7 Å². The Morgan fingerprint density at radius 1 is 1.33 bits per heavy atom. The first kappa shape index (κ1) is 13.1. The molecule has 0 aliphatic heterocycles. The molecule has 2 rings (SSSR count). The van der Waals surface area contributed by atoms with E-state index in [0.29, 0.717) is 17.9 Å². The standard InChI is InChI=1S/C14H15ClO3/c15-11-5-3-10(4-6-11)14(9-7-13(17)18)8-1-2-12(14)16/h3-6H,1-2,7-9H2,(H,17,18). The van der Waals surface area contributed by atoms with E-state index in [1.54, 1.807) is 12.1 Å². The molecular weight excluding hydrogens is 252 g/mol. The molecule has 1 aliphatic rings. The summed E-state index contributed by atoms with van der Waals surface area (Å²) in [5, 5.41) is 9.46. The highest BCUT2D eigenvalue weighted by atomic mass is 35.5. The number of rotatable bonds is 4. The van der Waals surface area contributed by atoms with Gasteiger partial charge in [-0.15, -0.1) is 0 Å². The smallest absolute Gasteiger partial charge is 0.303 e. The number of benzene rings is 1. The van der Waals surface area contributed by atoms with Crippen molar-refractivity contribution in [1.82, 2.24) is 0 Å². The first-order chi connectivity index (χ1) is 8.54. The Labute approximate surface area is 111 Å². The topological polar surface area (TPSA) is 54.4 Å². The maximum Gasteiger partial charge on any atom is 0.303 e. The Hall–Kier alpha value is -1.35. The average Bonchev–Trinajstić information content (AvgIpc) is 2.70. The summed E-state index contributed by atoms with van der Waals surface area (Å²) in [6, 6.07) is 7.19. The lowest BCUT2D eigenvalue weighted by atomic mass is 9.74. The highest BCUT2D eigenvalue weighted by Gasteiger charge is 2.43. The second kappa shape index (κ2) is 5.11. The summed E-state index contributed by atoms with van der Waals surface area (Å²) >= 11 is 5.85. The van der Waals surface area contributed by atoms with Gasteiger partial charge in [-0.05, 0) is 37.0 Å². The number of hydrogen-bond acceptors (Lipinski definition) is 2. The third-order valence-electron chi connectivity index (χ3n) is 3.70. The van der Waals surface area contributed by atoms with E-state index in [-0.39, 0.29) is 12.2 Å². The Kier molecular flexibility index (Phi) is 3.71. The minimum atomic E-state index is -0.858.